The fourth-order valence-electron chi connectivity index (χ4n) is 2.80. The summed E-state index contributed by atoms with van der Waals surface area (Å²) in [5.41, 5.74) is -0.640. The van der Waals surface area contributed by atoms with Crippen LogP contribution in [0.1, 0.15) is 24.8 Å². The number of aromatic hydroxyl groups is 2. The van der Waals surface area contributed by atoms with Gasteiger partial charge in [0.2, 0.25) is 0 Å². The number of carboxylic acid groups (broad SMARTS) is 1. The molecule has 3 rings (SSSR count). The number of phenolic OH excluding ortho intramolecular Hbond substituents is 2. The van der Waals surface area contributed by atoms with E-state index in [4.69, 9.17) is 9.84 Å². The number of rotatable bonds is 2. The first-order chi connectivity index (χ1) is 9.41. The van der Waals surface area contributed by atoms with Gasteiger partial charge < -0.3 is 20.1 Å². The van der Waals surface area contributed by atoms with Crippen LogP contribution in [0.2, 0.25) is 0 Å². The quantitative estimate of drug-likeness (QED) is 0.755. The highest BCUT2D eigenvalue weighted by Gasteiger charge is 2.49. The molecule has 6 nitrogen and oxygen atoms in total. The summed E-state index contributed by atoms with van der Waals surface area (Å²) in [6, 6.07) is 2.44. The van der Waals surface area contributed by atoms with Gasteiger partial charge in [-0.2, -0.15) is 0 Å². The molecule has 0 radical (unpaired) electrons. The van der Waals surface area contributed by atoms with Gasteiger partial charge in [-0.25, -0.2) is 0 Å². The molecular weight excluding hydrogens is 264 g/mol. The monoisotopic (exact) mass is 276 g/mol. The normalized spacial score (nSPS) is 23.6. The number of benzene rings is 1. The van der Waals surface area contributed by atoms with Crippen molar-refractivity contribution < 1.29 is 29.6 Å². The van der Waals surface area contributed by atoms with E-state index in [1.165, 1.54) is 12.1 Å². The van der Waals surface area contributed by atoms with Crippen molar-refractivity contribution in [3.05, 3.63) is 23.3 Å². The molecule has 2 aliphatic rings. The summed E-state index contributed by atoms with van der Waals surface area (Å²) >= 11 is 0. The van der Waals surface area contributed by atoms with Crippen LogP contribution in [0.3, 0.4) is 0 Å². The van der Waals surface area contributed by atoms with Gasteiger partial charge in [0, 0.05) is 24.1 Å². The van der Waals surface area contributed by atoms with Gasteiger partial charge in [-0.3, -0.25) is 9.59 Å². The molecule has 104 valence electrons. The van der Waals surface area contributed by atoms with Crippen molar-refractivity contribution in [1.29, 1.82) is 0 Å². The Morgan fingerprint density at radius 1 is 1.35 bits per heavy atom. The van der Waals surface area contributed by atoms with E-state index in [1.54, 1.807) is 0 Å². The molecule has 0 spiro atoms. The van der Waals surface area contributed by atoms with Crippen molar-refractivity contribution >= 4 is 17.8 Å². The Hall–Kier alpha value is -2.50. The maximum absolute atomic E-state index is 11.9. The number of hydrogen-bond acceptors (Lipinski definition) is 5. The number of ether oxygens (including phenoxy) is 1. The van der Waals surface area contributed by atoms with Crippen LogP contribution >= 0.6 is 0 Å². The second-order valence-corrected chi connectivity index (χ2v) is 5.02. The van der Waals surface area contributed by atoms with Gasteiger partial charge in [-0.15, -0.1) is 0 Å². The second kappa shape index (κ2) is 4.00. The first-order valence-electron chi connectivity index (χ1n) is 6.13. The molecule has 1 aromatic carbocycles. The van der Waals surface area contributed by atoms with Crippen LogP contribution in [-0.4, -0.2) is 32.7 Å². The fourth-order valence-corrected chi connectivity index (χ4v) is 2.80. The van der Waals surface area contributed by atoms with Gasteiger partial charge in [0.05, 0.1) is 12.0 Å². The van der Waals surface area contributed by atoms with E-state index in [0.717, 1.165) is 6.07 Å². The number of Topliss-reactive ketones (excluding diaryl/α,β-unsaturated/α-hetero) is 1. The number of ketones is 1. The lowest BCUT2D eigenvalue weighted by Crippen LogP contribution is -2.40. The van der Waals surface area contributed by atoms with E-state index in [-0.39, 0.29) is 53.4 Å². The maximum atomic E-state index is 11.9. The topological polar surface area (TPSA) is 104 Å². The Balaban J connectivity index is 2.17. The smallest absolute Gasteiger partial charge is 0.307 e. The summed E-state index contributed by atoms with van der Waals surface area (Å²) in [6.07, 6.45) is 1.62. The SMILES string of the molecule is O=C(O)C[C@]12CCC(=O)C1=Cc1c(O)cc(O)cc1O2. The minimum absolute atomic E-state index is 0.177. The fraction of sp³-hybridized carbons (Fsp3) is 0.286. The summed E-state index contributed by atoms with van der Waals surface area (Å²) in [6.45, 7) is 0. The number of carboxylic acids is 1. The summed E-state index contributed by atoms with van der Waals surface area (Å²) in [4.78, 5) is 23.0. The Morgan fingerprint density at radius 3 is 2.80 bits per heavy atom. The molecule has 1 aliphatic carbocycles. The molecule has 1 fully saturated rings. The molecule has 1 aromatic rings. The van der Waals surface area contributed by atoms with Gasteiger partial charge in [0.25, 0.3) is 0 Å². The highest BCUT2D eigenvalue weighted by molar-refractivity contribution is 6.06. The van der Waals surface area contributed by atoms with E-state index in [0.29, 0.717) is 0 Å². The molecular formula is C14H12O6. The average molecular weight is 276 g/mol. The highest BCUT2D eigenvalue weighted by atomic mass is 16.5. The van der Waals surface area contributed by atoms with Crippen molar-refractivity contribution in [2.45, 2.75) is 24.9 Å². The molecule has 0 saturated heterocycles. The van der Waals surface area contributed by atoms with Crippen LogP contribution in [-0.2, 0) is 9.59 Å². The van der Waals surface area contributed by atoms with Crippen LogP contribution in [0.4, 0.5) is 0 Å². The van der Waals surface area contributed by atoms with Crippen molar-refractivity contribution in [3.63, 3.8) is 0 Å². The zero-order chi connectivity index (χ0) is 14.5. The van der Waals surface area contributed by atoms with E-state index in [2.05, 4.69) is 0 Å². The summed E-state index contributed by atoms with van der Waals surface area (Å²) in [7, 11) is 0. The zero-order valence-electron chi connectivity index (χ0n) is 10.4. The second-order valence-electron chi connectivity index (χ2n) is 5.02. The van der Waals surface area contributed by atoms with Crippen molar-refractivity contribution in [2.24, 2.45) is 0 Å². The van der Waals surface area contributed by atoms with Crippen LogP contribution in [0.5, 0.6) is 17.2 Å². The van der Waals surface area contributed by atoms with Gasteiger partial charge in [-0.05, 0) is 12.5 Å². The predicted octanol–water partition coefficient (Wildman–Crippen LogP) is 1.45. The lowest BCUT2D eigenvalue weighted by Gasteiger charge is -2.34. The lowest BCUT2D eigenvalue weighted by molar-refractivity contribution is -0.140. The summed E-state index contributed by atoms with van der Waals surface area (Å²) < 4.78 is 5.70. The molecule has 1 saturated carbocycles. The van der Waals surface area contributed by atoms with Gasteiger partial charge >= 0.3 is 5.97 Å². The first-order valence-corrected chi connectivity index (χ1v) is 6.13. The Labute approximate surface area is 113 Å². The third kappa shape index (κ3) is 1.72. The Bertz CT molecular complexity index is 660. The molecule has 0 bridgehead atoms. The molecule has 1 heterocycles. The van der Waals surface area contributed by atoms with Crippen molar-refractivity contribution in [1.82, 2.24) is 0 Å². The predicted molar refractivity (Wildman–Crippen MR) is 67.6 cm³/mol. The first kappa shape index (κ1) is 12.5. The minimum atomic E-state index is -1.20. The average Bonchev–Trinajstić information content (AvgIpc) is 2.63. The molecule has 6 heteroatoms. The molecule has 0 aromatic heterocycles. The molecule has 1 aliphatic heterocycles. The number of carbonyl (C=O) groups excluding carboxylic acids is 1. The van der Waals surface area contributed by atoms with Gasteiger partial charge in [0.15, 0.2) is 5.78 Å². The highest BCUT2D eigenvalue weighted by Crippen LogP contribution is 2.48. The van der Waals surface area contributed by atoms with Gasteiger partial charge in [-0.1, -0.05) is 0 Å². The molecule has 1 atom stereocenters. The van der Waals surface area contributed by atoms with Crippen molar-refractivity contribution in [2.75, 3.05) is 0 Å². The van der Waals surface area contributed by atoms with E-state index >= 15 is 0 Å². The number of carbonyl (C=O) groups is 2. The van der Waals surface area contributed by atoms with Crippen molar-refractivity contribution in [3.8, 4) is 17.2 Å². The van der Waals surface area contributed by atoms with E-state index in [9.17, 15) is 19.8 Å². The third-order valence-electron chi connectivity index (χ3n) is 3.68. The van der Waals surface area contributed by atoms with E-state index < -0.39 is 11.6 Å². The van der Waals surface area contributed by atoms with Crippen LogP contribution in [0.25, 0.3) is 6.08 Å². The molecule has 3 N–H and O–H groups in total. The third-order valence-corrected chi connectivity index (χ3v) is 3.68. The minimum Gasteiger partial charge on any atom is -0.508 e. The zero-order valence-corrected chi connectivity index (χ0v) is 10.4. The maximum Gasteiger partial charge on any atom is 0.307 e. The largest absolute Gasteiger partial charge is 0.508 e. The lowest BCUT2D eigenvalue weighted by atomic mass is 9.88. The Morgan fingerprint density at radius 2 is 2.10 bits per heavy atom. The van der Waals surface area contributed by atoms with E-state index in [1.807, 2.05) is 0 Å². The summed E-state index contributed by atoms with van der Waals surface area (Å²) in [5, 5.41) is 28.3. The number of aliphatic carboxylic acids is 1. The van der Waals surface area contributed by atoms with Crippen LogP contribution in [0, 0.1) is 0 Å². The standard InChI is InChI=1S/C14H12O6/c15-7-3-11(17)8-5-9-10(16)1-2-14(9,6-13(18)19)20-12(8)4-7/h3-5,15,17H,1-2,6H2,(H,18,19)/t14-/m1/s1. The molecule has 20 heavy (non-hydrogen) atoms. The van der Waals surface area contributed by atoms with Crippen LogP contribution < -0.4 is 4.74 Å². The molecule has 0 amide bonds. The molecule has 0 unspecified atom stereocenters. The number of fused-ring (bicyclic) bond motifs is 2. The summed E-state index contributed by atoms with van der Waals surface area (Å²) in [5.74, 6) is -1.46. The van der Waals surface area contributed by atoms with Gasteiger partial charge in [0.1, 0.15) is 22.8 Å². The van der Waals surface area contributed by atoms with Crippen LogP contribution in [0.15, 0.2) is 17.7 Å². The number of hydrogen-bond donors (Lipinski definition) is 3. The Kier molecular flexibility index (Phi) is 2.50. The number of phenols is 2.